The lowest BCUT2D eigenvalue weighted by atomic mass is 10.1. The van der Waals surface area contributed by atoms with Crippen LogP contribution in [0.1, 0.15) is 10.4 Å². The summed E-state index contributed by atoms with van der Waals surface area (Å²) in [5.74, 6) is -0.765. The lowest BCUT2D eigenvalue weighted by Crippen LogP contribution is -2.20. The number of para-hydroxylation sites is 2. The van der Waals surface area contributed by atoms with Gasteiger partial charge in [-0.25, -0.2) is 9.36 Å². The second kappa shape index (κ2) is 7.15. The summed E-state index contributed by atoms with van der Waals surface area (Å²) in [6.45, 7) is 0. The van der Waals surface area contributed by atoms with E-state index in [-0.39, 0.29) is 5.78 Å². The molecule has 0 saturated heterocycles. The molecule has 0 amide bonds. The van der Waals surface area contributed by atoms with Crippen molar-refractivity contribution in [2.45, 2.75) is 0 Å². The minimum absolute atomic E-state index is 0.206. The van der Waals surface area contributed by atoms with Crippen molar-refractivity contribution in [2.75, 3.05) is 12.5 Å². The van der Waals surface area contributed by atoms with Gasteiger partial charge in [0.15, 0.2) is 5.58 Å². The van der Waals surface area contributed by atoms with Gasteiger partial charge in [0.1, 0.15) is 5.70 Å². The summed E-state index contributed by atoms with van der Waals surface area (Å²) in [6.07, 6.45) is 3.77. The van der Waals surface area contributed by atoms with Gasteiger partial charge in [0.05, 0.1) is 9.75 Å². The van der Waals surface area contributed by atoms with E-state index < -0.39 is 5.76 Å². The van der Waals surface area contributed by atoms with Crippen LogP contribution >= 0.6 is 23.5 Å². The Hall–Kier alpha value is -2.18. The average Bonchev–Trinajstić information content (AvgIpc) is 2.95. The Labute approximate surface area is 147 Å². The molecule has 0 spiro atoms. The third kappa shape index (κ3) is 2.95. The number of thioether (sulfide) groups is 2. The molecule has 6 heteroatoms. The molecule has 0 bridgehead atoms. The van der Waals surface area contributed by atoms with E-state index in [0.717, 1.165) is 4.24 Å². The van der Waals surface area contributed by atoms with E-state index in [1.165, 1.54) is 28.1 Å². The molecule has 4 nitrogen and oxygen atoms in total. The fourth-order valence-electron chi connectivity index (χ4n) is 2.47. The summed E-state index contributed by atoms with van der Waals surface area (Å²) >= 11 is 2.87. The van der Waals surface area contributed by atoms with E-state index in [4.69, 9.17) is 4.42 Å². The highest BCUT2D eigenvalue weighted by Crippen LogP contribution is 2.33. The molecule has 0 unspecified atom stereocenters. The molecule has 1 aromatic heterocycles. The van der Waals surface area contributed by atoms with Gasteiger partial charge >= 0.3 is 5.76 Å². The Morgan fingerprint density at radius 1 is 0.958 bits per heavy atom. The van der Waals surface area contributed by atoms with Crippen LogP contribution in [-0.4, -0.2) is 22.9 Å². The van der Waals surface area contributed by atoms with Crippen LogP contribution < -0.4 is 5.76 Å². The smallest absolute Gasteiger partial charge is 0.407 e. The van der Waals surface area contributed by atoms with E-state index in [2.05, 4.69) is 0 Å². The maximum atomic E-state index is 13.1. The molecule has 0 atom stereocenters. The summed E-state index contributed by atoms with van der Waals surface area (Å²) < 4.78 is 7.44. The normalized spacial score (nSPS) is 10.8. The van der Waals surface area contributed by atoms with Crippen LogP contribution in [0.2, 0.25) is 0 Å². The topological polar surface area (TPSA) is 52.2 Å². The molecule has 0 aliphatic heterocycles. The Bertz CT molecular complexity index is 965. The maximum Gasteiger partial charge on any atom is 0.424 e. The van der Waals surface area contributed by atoms with Gasteiger partial charge in [-0.3, -0.25) is 4.79 Å². The van der Waals surface area contributed by atoms with Gasteiger partial charge < -0.3 is 4.42 Å². The monoisotopic (exact) mass is 357 g/mol. The first kappa shape index (κ1) is 16.7. The molecule has 0 N–H and O–H groups in total. The SMILES string of the molecule is CSC(SC)=C(C(=O)c1ccccc1)n1c(=O)oc2ccccc21. The number of carbonyl (C=O) groups is 1. The van der Waals surface area contributed by atoms with Crippen LogP contribution in [0, 0.1) is 0 Å². The van der Waals surface area contributed by atoms with Gasteiger partial charge in [-0.05, 0) is 24.6 Å². The fourth-order valence-corrected chi connectivity index (χ4v) is 3.89. The van der Waals surface area contributed by atoms with Gasteiger partial charge in [-0.1, -0.05) is 42.5 Å². The van der Waals surface area contributed by atoms with E-state index in [0.29, 0.717) is 22.4 Å². The molecule has 0 aliphatic rings. The van der Waals surface area contributed by atoms with Crippen LogP contribution in [0.5, 0.6) is 0 Å². The minimum Gasteiger partial charge on any atom is -0.407 e. The average molecular weight is 357 g/mol. The maximum absolute atomic E-state index is 13.1. The molecule has 3 rings (SSSR count). The molecule has 0 aliphatic carbocycles. The lowest BCUT2D eigenvalue weighted by molar-refractivity contribution is 0.105. The molecule has 24 heavy (non-hydrogen) atoms. The first-order chi connectivity index (χ1) is 11.7. The highest BCUT2D eigenvalue weighted by atomic mass is 32.2. The van der Waals surface area contributed by atoms with Crippen molar-refractivity contribution in [3.63, 3.8) is 0 Å². The molecule has 0 saturated carbocycles. The van der Waals surface area contributed by atoms with E-state index in [9.17, 15) is 9.59 Å². The van der Waals surface area contributed by atoms with Crippen molar-refractivity contribution in [3.05, 3.63) is 74.9 Å². The fraction of sp³-hybridized carbons (Fsp3) is 0.111. The Kier molecular flexibility index (Phi) is 4.97. The quantitative estimate of drug-likeness (QED) is 0.502. The van der Waals surface area contributed by atoms with Crippen LogP contribution in [0.25, 0.3) is 16.8 Å². The zero-order chi connectivity index (χ0) is 17.1. The van der Waals surface area contributed by atoms with Gasteiger partial charge in [0.2, 0.25) is 5.78 Å². The highest BCUT2D eigenvalue weighted by molar-refractivity contribution is 8.22. The van der Waals surface area contributed by atoms with Crippen molar-refractivity contribution in [1.82, 2.24) is 4.57 Å². The van der Waals surface area contributed by atoms with Crippen molar-refractivity contribution < 1.29 is 9.21 Å². The number of fused-ring (bicyclic) bond motifs is 1. The van der Waals surface area contributed by atoms with Gasteiger partial charge in [0, 0.05) is 5.56 Å². The van der Waals surface area contributed by atoms with Gasteiger partial charge in [0.25, 0.3) is 0 Å². The largest absolute Gasteiger partial charge is 0.424 e. The van der Waals surface area contributed by atoms with Crippen LogP contribution in [-0.2, 0) is 0 Å². The number of allylic oxidation sites excluding steroid dienone is 1. The molecule has 2 aromatic carbocycles. The minimum atomic E-state index is -0.559. The number of hydrogen-bond acceptors (Lipinski definition) is 5. The number of ketones is 1. The molecular weight excluding hydrogens is 342 g/mol. The lowest BCUT2D eigenvalue weighted by Gasteiger charge is -2.12. The Morgan fingerprint density at radius 3 is 2.25 bits per heavy atom. The van der Waals surface area contributed by atoms with Gasteiger partial charge in [-0.2, -0.15) is 0 Å². The number of aromatic nitrogens is 1. The number of nitrogens with zero attached hydrogens (tertiary/aromatic N) is 1. The van der Waals surface area contributed by atoms with Crippen LogP contribution in [0.15, 0.2) is 68.0 Å². The number of Topliss-reactive ketones (excluding diaryl/α,β-unsaturated/α-hetero) is 1. The van der Waals surface area contributed by atoms with Crippen molar-refractivity contribution in [1.29, 1.82) is 0 Å². The first-order valence-corrected chi connectivity index (χ1v) is 9.65. The third-order valence-electron chi connectivity index (χ3n) is 3.52. The zero-order valence-electron chi connectivity index (χ0n) is 13.2. The zero-order valence-corrected chi connectivity index (χ0v) is 14.8. The summed E-state index contributed by atoms with van der Waals surface area (Å²) in [5.41, 5.74) is 1.91. The second-order valence-electron chi connectivity index (χ2n) is 4.91. The van der Waals surface area contributed by atoms with Crippen molar-refractivity contribution >= 4 is 46.1 Å². The molecule has 122 valence electrons. The predicted octanol–water partition coefficient (Wildman–Crippen LogP) is 4.33. The molecule has 0 radical (unpaired) electrons. The van der Waals surface area contributed by atoms with Crippen LogP contribution in [0.4, 0.5) is 0 Å². The summed E-state index contributed by atoms with van der Waals surface area (Å²) in [5, 5.41) is 0. The summed E-state index contributed by atoms with van der Waals surface area (Å²) in [7, 11) is 0. The third-order valence-corrected chi connectivity index (χ3v) is 5.65. The molecule has 1 heterocycles. The van der Waals surface area contributed by atoms with Crippen LogP contribution in [0.3, 0.4) is 0 Å². The predicted molar refractivity (Wildman–Crippen MR) is 101 cm³/mol. The first-order valence-electron chi connectivity index (χ1n) is 7.20. The number of benzene rings is 2. The van der Waals surface area contributed by atoms with E-state index >= 15 is 0 Å². The number of oxazole rings is 1. The summed E-state index contributed by atoms with van der Waals surface area (Å²) in [4.78, 5) is 25.6. The number of hydrogen-bond donors (Lipinski definition) is 0. The molecule has 3 aromatic rings. The molecule has 0 fully saturated rings. The van der Waals surface area contributed by atoms with Gasteiger partial charge in [-0.15, -0.1) is 23.5 Å². The standard InChI is InChI=1S/C18H15NO3S2/c1-23-17(24-2)15(16(20)12-8-4-3-5-9-12)19-13-10-6-7-11-14(13)22-18(19)21/h3-11H,1-2H3. The molecular formula is C18H15NO3S2. The van der Waals surface area contributed by atoms with Crippen molar-refractivity contribution in [3.8, 4) is 0 Å². The Morgan fingerprint density at radius 2 is 1.58 bits per heavy atom. The summed E-state index contributed by atoms with van der Waals surface area (Å²) in [6, 6.07) is 16.0. The van der Waals surface area contributed by atoms with E-state index in [1.807, 2.05) is 24.6 Å². The Balaban J connectivity index is 2.31. The highest BCUT2D eigenvalue weighted by Gasteiger charge is 2.23. The second-order valence-corrected chi connectivity index (χ2v) is 6.80. The number of rotatable bonds is 5. The van der Waals surface area contributed by atoms with Crippen molar-refractivity contribution in [2.24, 2.45) is 0 Å². The number of carbonyl (C=O) groups excluding carboxylic acids is 1. The van der Waals surface area contributed by atoms with E-state index in [1.54, 1.807) is 42.5 Å².